The second-order valence-corrected chi connectivity index (χ2v) is 12.1. The molecule has 2 fully saturated rings. The first-order valence-electron chi connectivity index (χ1n) is 11.5. The van der Waals surface area contributed by atoms with Crippen LogP contribution in [0.4, 0.5) is 26.3 Å². The maximum absolute atomic E-state index is 13.3. The van der Waals surface area contributed by atoms with Gasteiger partial charge in [0.1, 0.15) is 0 Å². The van der Waals surface area contributed by atoms with Crippen molar-refractivity contribution in [2.75, 3.05) is 32.4 Å². The maximum Gasteiger partial charge on any atom is 0.430 e. The summed E-state index contributed by atoms with van der Waals surface area (Å²) >= 11 is 0. The number of aryl methyl sites for hydroxylation is 2. The number of aliphatic hydroxyl groups is 1. The number of nitrogens with zero attached hydrogens (tertiary/aromatic N) is 3. The Morgan fingerprint density at radius 1 is 1.00 bits per heavy atom. The summed E-state index contributed by atoms with van der Waals surface area (Å²) in [5, 5.41) is 9.71. The first-order valence-corrected chi connectivity index (χ1v) is 13.4. The van der Waals surface area contributed by atoms with Crippen LogP contribution in [0, 0.1) is 12.3 Å². The van der Waals surface area contributed by atoms with Crippen LogP contribution in [-0.2, 0) is 28.6 Å². The molecule has 1 aromatic heterocycles. The van der Waals surface area contributed by atoms with Gasteiger partial charge in [-0.3, -0.25) is 9.88 Å². The molecule has 1 aromatic carbocycles. The minimum Gasteiger partial charge on any atom is -0.369 e. The topological polar surface area (TPSA) is 73.7 Å². The lowest BCUT2D eigenvalue weighted by molar-refractivity contribution is -0.376. The van der Waals surface area contributed by atoms with Crippen molar-refractivity contribution >= 4 is 10.0 Å². The molecule has 204 valence electrons. The largest absolute Gasteiger partial charge is 0.430 e. The predicted molar refractivity (Wildman–Crippen MR) is 124 cm³/mol. The number of hydrogen-bond acceptors (Lipinski definition) is 5. The van der Waals surface area contributed by atoms with E-state index in [2.05, 4.69) is 9.88 Å². The quantitative estimate of drug-likeness (QED) is 0.550. The molecule has 0 bridgehead atoms. The third-order valence-electron chi connectivity index (χ3n) is 7.18. The van der Waals surface area contributed by atoms with Crippen LogP contribution in [-0.4, -0.2) is 72.5 Å². The number of pyridine rings is 1. The first-order chi connectivity index (χ1) is 16.9. The molecule has 2 aliphatic rings. The Morgan fingerprint density at radius 2 is 1.59 bits per heavy atom. The van der Waals surface area contributed by atoms with Crippen LogP contribution in [0.5, 0.6) is 0 Å². The van der Waals surface area contributed by atoms with E-state index in [9.17, 15) is 39.9 Å². The van der Waals surface area contributed by atoms with Gasteiger partial charge in [0.2, 0.25) is 10.0 Å². The Bertz CT molecular complexity index is 1280. The molecule has 1 spiro atoms. The minimum atomic E-state index is -5.95. The van der Waals surface area contributed by atoms with Crippen molar-refractivity contribution in [3.05, 3.63) is 52.8 Å². The molecule has 0 saturated carbocycles. The van der Waals surface area contributed by atoms with Crippen LogP contribution in [0.1, 0.15) is 29.3 Å². The van der Waals surface area contributed by atoms with Gasteiger partial charge in [-0.25, -0.2) is 12.7 Å². The van der Waals surface area contributed by atoms with Crippen molar-refractivity contribution < 1.29 is 39.9 Å². The number of likely N-dealkylation sites (tertiary alicyclic amines) is 1. The van der Waals surface area contributed by atoms with Crippen LogP contribution < -0.4 is 0 Å². The van der Waals surface area contributed by atoms with E-state index >= 15 is 0 Å². The molecule has 4 rings (SSSR count). The molecule has 6 nitrogen and oxygen atoms in total. The number of alkyl halides is 6. The number of aromatic nitrogens is 1. The normalized spacial score (nSPS) is 19.1. The summed E-state index contributed by atoms with van der Waals surface area (Å²) < 4.78 is 104. The molecular formula is C24H27F6N3O3S. The summed E-state index contributed by atoms with van der Waals surface area (Å²) in [6.45, 7) is 6.29. The average molecular weight is 552 g/mol. The minimum absolute atomic E-state index is 0.0236. The van der Waals surface area contributed by atoms with Gasteiger partial charge in [0.15, 0.2) is 0 Å². The van der Waals surface area contributed by atoms with E-state index < -0.39 is 33.5 Å². The molecule has 0 radical (unpaired) electrons. The Morgan fingerprint density at radius 3 is 2.08 bits per heavy atom. The average Bonchev–Trinajstić information content (AvgIpc) is 2.71. The molecule has 13 heteroatoms. The summed E-state index contributed by atoms with van der Waals surface area (Å²) in [5.74, 6) is 0. The van der Waals surface area contributed by atoms with Gasteiger partial charge in [-0.05, 0) is 36.1 Å². The van der Waals surface area contributed by atoms with Crippen molar-refractivity contribution in [1.82, 2.24) is 14.2 Å². The van der Waals surface area contributed by atoms with Gasteiger partial charge in [0.25, 0.3) is 5.60 Å². The smallest absolute Gasteiger partial charge is 0.369 e. The zero-order chi connectivity index (χ0) is 27.6. The summed E-state index contributed by atoms with van der Waals surface area (Å²) in [7, 11) is -3.18. The van der Waals surface area contributed by atoms with Gasteiger partial charge in [-0.15, -0.1) is 0 Å². The number of hydrogen-bond donors (Lipinski definition) is 1. The molecule has 1 N–H and O–H groups in total. The van der Waals surface area contributed by atoms with Gasteiger partial charge in [-0.1, -0.05) is 25.1 Å². The van der Waals surface area contributed by atoms with Gasteiger partial charge in [0.05, 0.1) is 11.9 Å². The third kappa shape index (κ3) is 4.86. The molecule has 0 unspecified atom stereocenters. The highest BCUT2D eigenvalue weighted by atomic mass is 32.2. The van der Waals surface area contributed by atoms with Crippen molar-refractivity contribution in [2.24, 2.45) is 5.41 Å². The second kappa shape index (κ2) is 8.92. The fourth-order valence-electron chi connectivity index (χ4n) is 5.23. The highest BCUT2D eigenvalue weighted by Gasteiger charge is 2.71. The first kappa shape index (κ1) is 27.8. The zero-order valence-corrected chi connectivity index (χ0v) is 21.2. The van der Waals surface area contributed by atoms with Gasteiger partial charge < -0.3 is 5.11 Å². The number of sulfonamides is 1. The van der Waals surface area contributed by atoms with Gasteiger partial charge in [-0.2, -0.15) is 26.3 Å². The zero-order valence-electron chi connectivity index (χ0n) is 20.4. The van der Waals surface area contributed by atoms with Crippen molar-refractivity contribution in [3.63, 3.8) is 0 Å². The maximum atomic E-state index is 13.3. The second-order valence-electron chi connectivity index (χ2n) is 10.1. The molecule has 0 aliphatic carbocycles. The number of halogens is 6. The molecule has 3 heterocycles. The molecule has 2 aliphatic heterocycles. The molecule has 2 saturated heterocycles. The molecule has 37 heavy (non-hydrogen) atoms. The Balaban J connectivity index is 1.52. The molecular weight excluding hydrogens is 524 g/mol. The summed E-state index contributed by atoms with van der Waals surface area (Å²) in [5.41, 5.74) is -3.58. The van der Waals surface area contributed by atoms with E-state index in [1.807, 2.05) is 13.0 Å². The van der Waals surface area contributed by atoms with E-state index in [1.165, 1.54) is 17.5 Å². The summed E-state index contributed by atoms with van der Waals surface area (Å²) in [4.78, 5) is 6.61. The van der Waals surface area contributed by atoms with Crippen LogP contribution >= 0.6 is 0 Å². The fraction of sp³-hybridized carbons (Fsp3) is 0.542. The van der Waals surface area contributed by atoms with E-state index in [4.69, 9.17) is 0 Å². The number of benzene rings is 1. The van der Waals surface area contributed by atoms with E-state index in [-0.39, 0.29) is 11.0 Å². The SMILES string of the molecule is CCc1cc(CN2CC3(C2)CN(S(C)(=O)=O)C3)ncc1-c1ccc(C(O)(C(F)(F)F)C(F)(F)F)cc1C. The van der Waals surface area contributed by atoms with Crippen LogP contribution in [0.15, 0.2) is 30.5 Å². The fourth-order valence-corrected chi connectivity index (χ4v) is 6.24. The lowest BCUT2D eigenvalue weighted by atomic mass is 9.74. The molecule has 0 atom stereocenters. The Hall–Kier alpha value is -2.22. The Labute approximate surface area is 211 Å². The Kier molecular flexibility index (Phi) is 6.71. The number of rotatable bonds is 6. The van der Waals surface area contributed by atoms with Crippen molar-refractivity contribution in [3.8, 4) is 11.1 Å². The molecule has 2 aromatic rings. The predicted octanol–water partition coefficient (Wildman–Crippen LogP) is 4.01. The van der Waals surface area contributed by atoms with Gasteiger partial charge in [0, 0.05) is 55.5 Å². The van der Waals surface area contributed by atoms with Crippen LogP contribution in [0.3, 0.4) is 0 Å². The summed E-state index contributed by atoms with van der Waals surface area (Å²) in [6, 6.07) is 4.36. The monoisotopic (exact) mass is 551 g/mol. The van der Waals surface area contributed by atoms with E-state index in [1.54, 1.807) is 6.20 Å². The van der Waals surface area contributed by atoms with Crippen molar-refractivity contribution in [1.29, 1.82) is 0 Å². The lowest BCUT2D eigenvalue weighted by Gasteiger charge is -2.59. The standard InChI is InChI=1S/C24H27F6N3O3S/c1-4-16-8-18(10-32-11-21(12-32)13-33(14-21)37(3,35)36)31-9-20(16)19-6-5-17(7-15(19)2)22(34,23(25,26)27)24(28,29)30/h5-9,34H,4,10-14H2,1-3H3. The van der Waals surface area contributed by atoms with Crippen LogP contribution in [0.2, 0.25) is 0 Å². The van der Waals surface area contributed by atoms with Crippen molar-refractivity contribution in [2.45, 2.75) is 44.8 Å². The highest BCUT2D eigenvalue weighted by molar-refractivity contribution is 7.88. The molecule has 0 amide bonds. The van der Waals surface area contributed by atoms with E-state index in [0.29, 0.717) is 49.3 Å². The third-order valence-corrected chi connectivity index (χ3v) is 8.37. The highest BCUT2D eigenvalue weighted by Crippen LogP contribution is 2.50. The lowest BCUT2D eigenvalue weighted by Crippen LogP contribution is -2.72. The van der Waals surface area contributed by atoms with E-state index in [0.717, 1.165) is 30.4 Å². The van der Waals surface area contributed by atoms with Crippen LogP contribution in [0.25, 0.3) is 11.1 Å². The summed E-state index contributed by atoms with van der Waals surface area (Å²) in [6.07, 6.45) is -8.60. The van der Waals surface area contributed by atoms with Gasteiger partial charge >= 0.3 is 12.4 Å².